The lowest BCUT2D eigenvalue weighted by Crippen LogP contribution is -2.04. The number of hydrogen-bond acceptors (Lipinski definition) is 4. The standard InChI is InChI=1S/C14H14BrNO2S/c1-3-18-12-5-4-9(6-11(12)16)14(17)10-7-13(15)19-8(10)2/h4-7H,3,16H2,1-2H3. The van der Waals surface area contributed by atoms with Gasteiger partial charge in [0.05, 0.1) is 16.1 Å². The fourth-order valence-electron chi connectivity index (χ4n) is 1.80. The molecule has 0 amide bonds. The number of ketones is 1. The van der Waals surface area contributed by atoms with Crippen molar-refractivity contribution in [3.63, 3.8) is 0 Å². The number of ether oxygens (including phenoxy) is 1. The van der Waals surface area contributed by atoms with E-state index in [1.165, 1.54) is 0 Å². The van der Waals surface area contributed by atoms with Gasteiger partial charge in [-0.15, -0.1) is 11.3 Å². The molecule has 2 aromatic rings. The number of benzene rings is 1. The topological polar surface area (TPSA) is 52.3 Å². The highest BCUT2D eigenvalue weighted by Gasteiger charge is 2.15. The molecule has 19 heavy (non-hydrogen) atoms. The molecule has 2 rings (SSSR count). The van der Waals surface area contributed by atoms with Gasteiger partial charge in [0.2, 0.25) is 0 Å². The summed E-state index contributed by atoms with van der Waals surface area (Å²) >= 11 is 4.94. The normalized spacial score (nSPS) is 10.5. The van der Waals surface area contributed by atoms with E-state index in [0.717, 1.165) is 8.66 Å². The highest BCUT2D eigenvalue weighted by atomic mass is 79.9. The summed E-state index contributed by atoms with van der Waals surface area (Å²) in [5, 5.41) is 0. The van der Waals surface area contributed by atoms with Crippen LogP contribution in [0.15, 0.2) is 28.1 Å². The van der Waals surface area contributed by atoms with Crippen LogP contribution in [0.5, 0.6) is 5.75 Å². The summed E-state index contributed by atoms with van der Waals surface area (Å²) in [6.07, 6.45) is 0. The number of hydrogen-bond donors (Lipinski definition) is 1. The van der Waals surface area contributed by atoms with Gasteiger partial charge in [0.1, 0.15) is 5.75 Å². The molecule has 1 heterocycles. The van der Waals surface area contributed by atoms with Crippen molar-refractivity contribution in [1.82, 2.24) is 0 Å². The Bertz CT molecular complexity index is 622. The molecule has 0 fully saturated rings. The third kappa shape index (κ3) is 2.98. The second-order valence-electron chi connectivity index (χ2n) is 4.04. The molecule has 0 aliphatic carbocycles. The number of nitrogens with two attached hydrogens (primary N) is 1. The molecule has 0 spiro atoms. The van der Waals surface area contributed by atoms with E-state index in [-0.39, 0.29) is 5.78 Å². The fourth-order valence-corrected chi connectivity index (χ4v) is 3.49. The van der Waals surface area contributed by atoms with E-state index in [1.807, 2.05) is 19.9 Å². The van der Waals surface area contributed by atoms with Gasteiger partial charge in [-0.05, 0) is 54.0 Å². The Morgan fingerprint density at radius 1 is 1.42 bits per heavy atom. The van der Waals surface area contributed by atoms with E-state index in [0.29, 0.717) is 29.2 Å². The molecule has 1 aromatic heterocycles. The Morgan fingerprint density at radius 3 is 2.68 bits per heavy atom. The summed E-state index contributed by atoms with van der Waals surface area (Å²) in [4.78, 5) is 13.4. The van der Waals surface area contributed by atoms with Gasteiger partial charge < -0.3 is 10.5 Å². The van der Waals surface area contributed by atoms with E-state index in [9.17, 15) is 4.79 Å². The molecule has 0 bridgehead atoms. The Balaban J connectivity index is 2.34. The second-order valence-corrected chi connectivity index (χ2v) is 6.67. The highest BCUT2D eigenvalue weighted by Crippen LogP contribution is 2.30. The van der Waals surface area contributed by atoms with Crippen LogP contribution in [0.25, 0.3) is 0 Å². The minimum atomic E-state index is -0.0193. The van der Waals surface area contributed by atoms with Crippen molar-refractivity contribution < 1.29 is 9.53 Å². The first-order valence-corrected chi connectivity index (χ1v) is 7.46. The summed E-state index contributed by atoms with van der Waals surface area (Å²) in [7, 11) is 0. The lowest BCUT2D eigenvalue weighted by Gasteiger charge is -2.08. The Kier molecular flexibility index (Phi) is 4.27. The molecule has 0 aliphatic rings. The van der Waals surface area contributed by atoms with Gasteiger partial charge in [-0.2, -0.15) is 0 Å². The number of thiophene rings is 1. The highest BCUT2D eigenvalue weighted by molar-refractivity contribution is 9.11. The number of carbonyl (C=O) groups excluding carboxylic acids is 1. The van der Waals surface area contributed by atoms with E-state index < -0.39 is 0 Å². The van der Waals surface area contributed by atoms with Crippen LogP contribution in [-0.4, -0.2) is 12.4 Å². The lowest BCUT2D eigenvalue weighted by atomic mass is 10.0. The average molecular weight is 340 g/mol. The first-order valence-electron chi connectivity index (χ1n) is 5.86. The van der Waals surface area contributed by atoms with E-state index in [2.05, 4.69) is 15.9 Å². The van der Waals surface area contributed by atoms with Crippen molar-refractivity contribution in [3.05, 3.63) is 44.1 Å². The predicted molar refractivity (Wildman–Crippen MR) is 82.2 cm³/mol. The van der Waals surface area contributed by atoms with Crippen LogP contribution in [0.4, 0.5) is 5.69 Å². The summed E-state index contributed by atoms with van der Waals surface area (Å²) < 4.78 is 6.31. The van der Waals surface area contributed by atoms with Crippen molar-refractivity contribution in [1.29, 1.82) is 0 Å². The lowest BCUT2D eigenvalue weighted by molar-refractivity contribution is 0.103. The van der Waals surface area contributed by atoms with Gasteiger partial charge in [0, 0.05) is 16.0 Å². The molecule has 3 nitrogen and oxygen atoms in total. The molecule has 5 heteroatoms. The first-order chi connectivity index (χ1) is 9.02. The zero-order valence-corrected chi connectivity index (χ0v) is 13.1. The molecule has 0 aliphatic heterocycles. The van der Waals surface area contributed by atoms with Gasteiger partial charge in [-0.1, -0.05) is 0 Å². The minimum absolute atomic E-state index is 0.0193. The maximum absolute atomic E-state index is 12.4. The smallest absolute Gasteiger partial charge is 0.194 e. The number of rotatable bonds is 4. The molecule has 2 N–H and O–H groups in total. The predicted octanol–water partition coefficient (Wildman–Crippen LogP) is 4.03. The monoisotopic (exact) mass is 339 g/mol. The Labute approximate surface area is 124 Å². The quantitative estimate of drug-likeness (QED) is 0.675. The Hall–Kier alpha value is -1.33. The number of aryl methyl sites for hydroxylation is 1. The zero-order valence-electron chi connectivity index (χ0n) is 10.7. The van der Waals surface area contributed by atoms with Crippen LogP contribution in [0.2, 0.25) is 0 Å². The summed E-state index contributed by atoms with van der Waals surface area (Å²) in [6.45, 7) is 4.37. The fraction of sp³-hybridized carbons (Fsp3) is 0.214. The summed E-state index contributed by atoms with van der Waals surface area (Å²) in [5.74, 6) is 0.594. The van der Waals surface area contributed by atoms with E-state index in [1.54, 1.807) is 29.5 Å². The van der Waals surface area contributed by atoms with Crippen molar-refractivity contribution in [2.45, 2.75) is 13.8 Å². The largest absolute Gasteiger partial charge is 0.492 e. The van der Waals surface area contributed by atoms with Crippen molar-refractivity contribution in [2.24, 2.45) is 0 Å². The average Bonchev–Trinajstić information content (AvgIpc) is 2.70. The Morgan fingerprint density at radius 2 is 2.16 bits per heavy atom. The molecule has 0 saturated carbocycles. The third-order valence-corrected chi connectivity index (χ3v) is 4.26. The minimum Gasteiger partial charge on any atom is -0.492 e. The van der Waals surface area contributed by atoms with Gasteiger partial charge in [-0.3, -0.25) is 4.79 Å². The maximum atomic E-state index is 12.4. The SMILES string of the molecule is CCOc1ccc(C(=O)c2cc(Br)sc2C)cc1N. The number of halogens is 1. The molecule has 100 valence electrons. The molecule has 0 radical (unpaired) electrons. The summed E-state index contributed by atoms with van der Waals surface area (Å²) in [6, 6.07) is 6.99. The molecular weight excluding hydrogens is 326 g/mol. The van der Waals surface area contributed by atoms with Crippen molar-refractivity contribution in [2.75, 3.05) is 12.3 Å². The van der Waals surface area contributed by atoms with Crippen LogP contribution in [0, 0.1) is 6.92 Å². The molecular formula is C14H14BrNO2S. The molecule has 1 aromatic carbocycles. The molecule has 0 saturated heterocycles. The second kappa shape index (κ2) is 5.75. The number of nitrogen functional groups attached to an aromatic ring is 1. The maximum Gasteiger partial charge on any atom is 0.194 e. The van der Waals surface area contributed by atoms with Crippen LogP contribution in [0.1, 0.15) is 27.7 Å². The molecule has 0 unspecified atom stereocenters. The first kappa shape index (κ1) is 14.1. The van der Waals surface area contributed by atoms with E-state index >= 15 is 0 Å². The van der Waals surface area contributed by atoms with E-state index in [4.69, 9.17) is 10.5 Å². The van der Waals surface area contributed by atoms with Gasteiger partial charge in [0.25, 0.3) is 0 Å². The van der Waals surface area contributed by atoms with Crippen LogP contribution >= 0.6 is 27.3 Å². The van der Waals surface area contributed by atoms with Gasteiger partial charge in [-0.25, -0.2) is 0 Å². The third-order valence-electron chi connectivity index (χ3n) is 2.70. The zero-order chi connectivity index (χ0) is 14.0. The van der Waals surface area contributed by atoms with Crippen molar-refractivity contribution in [3.8, 4) is 5.75 Å². The van der Waals surface area contributed by atoms with Crippen LogP contribution < -0.4 is 10.5 Å². The van der Waals surface area contributed by atoms with Crippen LogP contribution in [-0.2, 0) is 0 Å². The van der Waals surface area contributed by atoms with Gasteiger partial charge in [0.15, 0.2) is 5.78 Å². The summed E-state index contributed by atoms with van der Waals surface area (Å²) in [5.41, 5.74) is 7.66. The number of anilines is 1. The number of carbonyl (C=O) groups is 1. The molecule has 0 atom stereocenters. The van der Waals surface area contributed by atoms with Crippen LogP contribution in [0.3, 0.4) is 0 Å². The van der Waals surface area contributed by atoms with Gasteiger partial charge >= 0.3 is 0 Å². The van der Waals surface area contributed by atoms with Crippen molar-refractivity contribution >= 4 is 38.7 Å².